The van der Waals surface area contributed by atoms with Gasteiger partial charge >= 0.3 is 0 Å². The van der Waals surface area contributed by atoms with Gasteiger partial charge in [0, 0.05) is 20.0 Å². The van der Waals surface area contributed by atoms with E-state index in [0.29, 0.717) is 26.2 Å². The van der Waals surface area contributed by atoms with Crippen LogP contribution in [0.25, 0.3) is 0 Å². The average molecular weight is 254 g/mol. The van der Waals surface area contributed by atoms with Crippen molar-refractivity contribution in [1.29, 1.82) is 0 Å². The highest BCUT2D eigenvalue weighted by atomic mass is 16.7. The van der Waals surface area contributed by atoms with E-state index in [9.17, 15) is 14.4 Å². The van der Waals surface area contributed by atoms with Crippen molar-refractivity contribution in [1.82, 2.24) is 9.96 Å². The number of carbonyl (C=O) groups is 3. The zero-order valence-corrected chi connectivity index (χ0v) is 10.8. The lowest BCUT2D eigenvalue weighted by Crippen LogP contribution is -2.48. The molecule has 1 saturated heterocycles. The minimum Gasteiger partial charge on any atom is -0.403 e. The maximum Gasteiger partial charge on any atom is 0.230 e. The molecule has 1 fully saturated rings. The first-order chi connectivity index (χ1) is 8.40. The first-order valence-corrected chi connectivity index (χ1v) is 5.80. The van der Waals surface area contributed by atoms with Gasteiger partial charge in [-0.25, -0.2) is 0 Å². The van der Waals surface area contributed by atoms with Gasteiger partial charge in [-0.05, 0) is 6.92 Å². The maximum absolute atomic E-state index is 11.6. The van der Waals surface area contributed by atoms with E-state index in [2.05, 4.69) is 6.58 Å². The van der Waals surface area contributed by atoms with E-state index in [1.807, 2.05) is 0 Å². The minimum atomic E-state index is -0.218. The van der Waals surface area contributed by atoms with Crippen molar-refractivity contribution in [2.24, 2.45) is 0 Å². The zero-order valence-electron chi connectivity index (χ0n) is 10.8. The van der Waals surface area contributed by atoms with Crippen molar-refractivity contribution in [3.63, 3.8) is 0 Å². The van der Waals surface area contributed by atoms with E-state index < -0.39 is 0 Å². The van der Waals surface area contributed by atoms with E-state index in [1.54, 1.807) is 9.96 Å². The molecule has 1 amide bonds. The Morgan fingerprint density at radius 2 is 1.67 bits per heavy atom. The molecule has 6 heteroatoms. The monoisotopic (exact) mass is 254 g/mol. The van der Waals surface area contributed by atoms with E-state index in [1.165, 1.54) is 13.8 Å². The Kier molecular flexibility index (Phi) is 5.03. The number of rotatable bonds is 5. The summed E-state index contributed by atoms with van der Waals surface area (Å²) in [5.41, 5.74) is 0. The van der Waals surface area contributed by atoms with E-state index >= 15 is 0 Å². The third kappa shape index (κ3) is 4.29. The average Bonchev–Trinajstić information content (AvgIpc) is 2.28. The third-order valence-corrected chi connectivity index (χ3v) is 2.62. The molecule has 1 heterocycles. The van der Waals surface area contributed by atoms with Crippen molar-refractivity contribution >= 4 is 17.5 Å². The summed E-state index contributed by atoms with van der Waals surface area (Å²) in [7, 11) is 0. The van der Waals surface area contributed by atoms with Crippen LogP contribution in [0.15, 0.2) is 12.3 Å². The van der Waals surface area contributed by atoms with Crippen LogP contribution in [-0.4, -0.2) is 53.6 Å². The van der Waals surface area contributed by atoms with Gasteiger partial charge in [0.15, 0.2) is 11.5 Å². The Bertz CT molecular complexity index is 370. The van der Waals surface area contributed by atoms with Crippen LogP contribution in [0, 0.1) is 0 Å². The Morgan fingerprint density at radius 3 is 2.11 bits per heavy atom. The fourth-order valence-corrected chi connectivity index (χ4v) is 1.57. The number of hydrogen-bond donors (Lipinski definition) is 0. The molecule has 0 atom stereocenters. The Labute approximate surface area is 106 Å². The maximum atomic E-state index is 11.6. The molecule has 0 N–H and O–H groups in total. The van der Waals surface area contributed by atoms with Gasteiger partial charge in [0.1, 0.15) is 5.78 Å². The van der Waals surface area contributed by atoms with Crippen LogP contribution < -0.4 is 0 Å². The van der Waals surface area contributed by atoms with Gasteiger partial charge in [0.05, 0.1) is 19.5 Å². The molecule has 0 bridgehead atoms. The number of carbonyl (C=O) groups excluding carboxylic acids is 3. The summed E-state index contributed by atoms with van der Waals surface area (Å²) in [4.78, 5) is 40.3. The van der Waals surface area contributed by atoms with Crippen LogP contribution in [0.2, 0.25) is 0 Å². The predicted octanol–water partition coefficient (Wildman–Crippen LogP) is 0.144. The predicted molar refractivity (Wildman–Crippen MR) is 64.4 cm³/mol. The summed E-state index contributed by atoms with van der Waals surface area (Å²) < 4.78 is 0. The number of ketones is 2. The Morgan fingerprint density at radius 1 is 1.11 bits per heavy atom. The van der Waals surface area contributed by atoms with Crippen LogP contribution in [0.4, 0.5) is 0 Å². The van der Waals surface area contributed by atoms with Gasteiger partial charge in [0.2, 0.25) is 5.91 Å². The number of Topliss-reactive ketones (excluding diaryl/α,β-unsaturated/α-hetero) is 2. The van der Waals surface area contributed by atoms with Gasteiger partial charge in [0.25, 0.3) is 0 Å². The molecular formula is C12H18N2O4. The molecule has 100 valence electrons. The lowest BCUT2D eigenvalue weighted by molar-refractivity contribution is -0.161. The second kappa shape index (κ2) is 6.30. The number of hydroxylamine groups is 2. The van der Waals surface area contributed by atoms with E-state index in [0.717, 1.165) is 0 Å². The number of amides is 1. The summed E-state index contributed by atoms with van der Waals surface area (Å²) >= 11 is 0. The molecule has 0 unspecified atom stereocenters. The first-order valence-electron chi connectivity index (χ1n) is 5.80. The fraction of sp³-hybridized carbons (Fsp3) is 0.583. The molecule has 0 aromatic rings. The second-order valence-electron chi connectivity index (χ2n) is 4.26. The van der Waals surface area contributed by atoms with Crippen molar-refractivity contribution in [3.8, 4) is 0 Å². The number of allylic oxidation sites excluding steroid dienone is 1. The summed E-state index contributed by atoms with van der Waals surface area (Å²) in [6, 6.07) is 0. The molecule has 0 spiro atoms. The van der Waals surface area contributed by atoms with Gasteiger partial charge in [-0.2, -0.15) is 0 Å². The summed E-state index contributed by atoms with van der Waals surface area (Å²) in [6.07, 6.45) is -0.0546. The molecule has 0 aliphatic carbocycles. The van der Waals surface area contributed by atoms with E-state index in [4.69, 9.17) is 4.84 Å². The van der Waals surface area contributed by atoms with Crippen LogP contribution in [0.1, 0.15) is 20.3 Å². The highest BCUT2D eigenvalue weighted by Crippen LogP contribution is 2.08. The minimum absolute atomic E-state index is 0.0546. The highest BCUT2D eigenvalue weighted by Gasteiger charge is 2.23. The first kappa shape index (κ1) is 14.4. The van der Waals surface area contributed by atoms with Crippen LogP contribution in [0.5, 0.6) is 0 Å². The van der Waals surface area contributed by atoms with Crippen molar-refractivity contribution in [2.45, 2.75) is 20.3 Å². The zero-order chi connectivity index (χ0) is 13.7. The molecule has 1 aliphatic rings. The van der Waals surface area contributed by atoms with Gasteiger partial charge < -0.3 is 9.74 Å². The lowest BCUT2D eigenvalue weighted by Gasteiger charge is -2.33. The van der Waals surface area contributed by atoms with Gasteiger partial charge in [-0.1, -0.05) is 6.58 Å². The third-order valence-electron chi connectivity index (χ3n) is 2.62. The molecule has 0 aromatic heterocycles. The summed E-state index contributed by atoms with van der Waals surface area (Å²) in [5, 5.41) is 1.60. The fourth-order valence-electron chi connectivity index (χ4n) is 1.57. The number of hydrogen-bond acceptors (Lipinski definition) is 5. The summed E-state index contributed by atoms with van der Waals surface area (Å²) in [6.45, 7) is 8.24. The van der Waals surface area contributed by atoms with Crippen molar-refractivity contribution in [2.75, 3.05) is 26.2 Å². The Balaban J connectivity index is 2.37. The van der Waals surface area contributed by atoms with Gasteiger partial charge in [-0.15, -0.1) is 5.06 Å². The molecule has 0 saturated carbocycles. The lowest BCUT2D eigenvalue weighted by atomic mass is 10.2. The normalized spacial score (nSPS) is 16.2. The molecule has 0 aromatic carbocycles. The van der Waals surface area contributed by atoms with Crippen molar-refractivity contribution < 1.29 is 19.2 Å². The molecule has 1 rings (SSSR count). The highest BCUT2D eigenvalue weighted by molar-refractivity contribution is 5.96. The number of piperazine rings is 1. The molecule has 1 aliphatic heterocycles. The van der Waals surface area contributed by atoms with Crippen LogP contribution in [0.3, 0.4) is 0 Å². The largest absolute Gasteiger partial charge is 0.403 e. The van der Waals surface area contributed by atoms with Crippen LogP contribution in [-0.2, 0) is 19.2 Å². The SMILES string of the molecule is C=C(ON1CCN(C(=O)CC(C)=O)CC1)C(C)=O. The van der Waals surface area contributed by atoms with E-state index in [-0.39, 0.29) is 29.7 Å². The van der Waals surface area contributed by atoms with Crippen LogP contribution >= 0.6 is 0 Å². The summed E-state index contributed by atoms with van der Waals surface area (Å²) in [5.74, 6) is -0.417. The smallest absolute Gasteiger partial charge is 0.230 e. The standard InChI is InChI=1S/C12H18N2O4/c1-9(15)8-12(17)13-4-6-14(7-5-13)18-11(3)10(2)16/h3-8H2,1-2H3. The second-order valence-corrected chi connectivity index (χ2v) is 4.26. The molecule has 18 heavy (non-hydrogen) atoms. The quantitative estimate of drug-likeness (QED) is 0.397. The Hall–Kier alpha value is -1.69. The molecule has 0 radical (unpaired) electrons. The number of nitrogens with zero attached hydrogens (tertiary/aromatic N) is 2. The topological polar surface area (TPSA) is 66.9 Å². The van der Waals surface area contributed by atoms with Gasteiger partial charge in [-0.3, -0.25) is 14.4 Å². The molecule has 6 nitrogen and oxygen atoms in total. The van der Waals surface area contributed by atoms with Crippen molar-refractivity contribution in [3.05, 3.63) is 12.3 Å². The molecular weight excluding hydrogens is 236 g/mol.